The van der Waals surface area contributed by atoms with Gasteiger partial charge in [-0.1, -0.05) is 4.33 Å². The van der Waals surface area contributed by atoms with Gasteiger partial charge in [-0.25, -0.2) is 10.1 Å². The average Bonchev–Trinajstić information content (AvgIpc) is 1.88. The van der Waals surface area contributed by atoms with Gasteiger partial charge in [-0.2, -0.15) is 13.7 Å². The Morgan fingerprint density at radius 1 is 1.25 bits per heavy atom. The van der Waals surface area contributed by atoms with Crippen molar-refractivity contribution in [1.82, 2.24) is 0 Å². The zero-order valence-electron chi connectivity index (χ0n) is 4.74. The first kappa shape index (κ1) is 18.0. The SMILES string of the molecule is O=C(O)OO.O=S(=O)(O)OO.[NaH]. The number of carbonyl (C=O) groups is 1. The van der Waals surface area contributed by atoms with E-state index in [4.69, 9.17) is 33.4 Å². The summed E-state index contributed by atoms with van der Waals surface area (Å²) in [6.07, 6.45) is -1.69. The summed E-state index contributed by atoms with van der Waals surface area (Å²) in [7, 11) is -4.61. The van der Waals surface area contributed by atoms with E-state index in [1.807, 2.05) is 0 Å². The van der Waals surface area contributed by atoms with Crippen molar-refractivity contribution < 1.29 is 42.6 Å². The van der Waals surface area contributed by atoms with Crippen LogP contribution in [0.25, 0.3) is 0 Å². The molecule has 0 spiro atoms. The molecule has 0 atom stereocenters. The van der Waals surface area contributed by atoms with E-state index in [9.17, 15) is 0 Å². The van der Waals surface area contributed by atoms with Crippen LogP contribution in [0.15, 0.2) is 0 Å². The van der Waals surface area contributed by atoms with E-state index in [1.165, 1.54) is 0 Å². The Morgan fingerprint density at radius 2 is 1.42 bits per heavy atom. The van der Waals surface area contributed by atoms with Gasteiger partial charge in [0.1, 0.15) is 0 Å². The number of carboxylic acid groups (broad SMARTS) is 1. The maximum atomic E-state index is 9.08. The Bertz CT molecular complexity index is 193. The predicted molar refractivity (Wildman–Crippen MR) is 34.1 cm³/mol. The maximum absolute atomic E-state index is 9.08. The molecule has 0 aliphatic heterocycles. The van der Waals surface area contributed by atoms with Crippen LogP contribution in [0.3, 0.4) is 0 Å². The topological polar surface area (TPSA) is 151 Å². The summed E-state index contributed by atoms with van der Waals surface area (Å²) >= 11 is 0. The summed E-state index contributed by atoms with van der Waals surface area (Å²) in [6, 6.07) is 0. The first-order valence-corrected chi connectivity index (χ1v) is 3.04. The normalized spacial score (nSPS) is 8.58. The van der Waals surface area contributed by atoms with Crippen molar-refractivity contribution in [1.29, 1.82) is 0 Å². The Balaban J connectivity index is -0.000000126. The Morgan fingerprint density at radius 3 is 1.42 bits per heavy atom. The third-order valence-corrected chi connectivity index (χ3v) is 0.361. The second-order valence-electron chi connectivity index (χ2n) is 0.859. The van der Waals surface area contributed by atoms with Crippen LogP contribution in [0.1, 0.15) is 0 Å². The summed E-state index contributed by atoms with van der Waals surface area (Å²) < 4.78 is 28.0. The average molecular weight is 216 g/mol. The van der Waals surface area contributed by atoms with E-state index in [0.717, 1.165) is 0 Å². The summed E-state index contributed by atoms with van der Waals surface area (Å²) in [6.45, 7) is 0. The summed E-state index contributed by atoms with van der Waals surface area (Å²) in [4.78, 5) is 11.6. The third-order valence-electron chi connectivity index (χ3n) is 0.172. The molecular formula is CH5NaO9S. The molecule has 9 nitrogen and oxygen atoms in total. The van der Waals surface area contributed by atoms with E-state index in [1.54, 1.807) is 0 Å². The molecule has 4 N–H and O–H groups in total. The monoisotopic (exact) mass is 216 g/mol. The molecular weight excluding hydrogens is 211 g/mol. The van der Waals surface area contributed by atoms with E-state index in [2.05, 4.69) is 9.22 Å². The van der Waals surface area contributed by atoms with Gasteiger partial charge in [0.2, 0.25) is 0 Å². The summed E-state index contributed by atoms with van der Waals surface area (Å²) in [5, 5.41) is 21.4. The van der Waals surface area contributed by atoms with Crippen LogP contribution in [-0.2, 0) is 19.6 Å². The van der Waals surface area contributed by atoms with Gasteiger partial charge >= 0.3 is 46.1 Å². The fourth-order valence-electron chi connectivity index (χ4n) is 0. The van der Waals surface area contributed by atoms with Gasteiger partial charge in [0, 0.05) is 0 Å². The van der Waals surface area contributed by atoms with Crippen molar-refractivity contribution in [3.63, 3.8) is 0 Å². The number of hydrogen-bond donors (Lipinski definition) is 4. The zero-order chi connectivity index (χ0) is 9.49. The molecule has 0 aromatic carbocycles. The van der Waals surface area contributed by atoms with Gasteiger partial charge in [-0.05, 0) is 0 Å². The molecule has 0 aromatic rings. The van der Waals surface area contributed by atoms with Gasteiger partial charge in [0.25, 0.3) is 0 Å². The van der Waals surface area contributed by atoms with Crippen LogP contribution in [-0.4, -0.2) is 64.3 Å². The van der Waals surface area contributed by atoms with Crippen LogP contribution in [0, 0.1) is 0 Å². The summed E-state index contributed by atoms with van der Waals surface area (Å²) in [5.74, 6) is 0. The van der Waals surface area contributed by atoms with Crippen LogP contribution < -0.4 is 0 Å². The molecule has 11 heteroatoms. The third kappa shape index (κ3) is 32.3. The second kappa shape index (κ2) is 9.15. The van der Waals surface area contributed by atoms with Gasteiger partial charge in [-0.3, -0.25) is 9.44 Å². The first-order valence-electron chi connectivity index (χ1n) is 1.68. The molecule has 0 amide bonds. The van der Waals surface area contributed by atoms with E-state index in [0.29, 0.717) is 0 Å². The van der Waals surface area contributed by atoms with Crippen molar-refractivity contribution in [3.8, 4) is 0 Å². The van der Waals surface area contributed by atoms with Gasteiger partial charge in [0.15, 0.2) is 0 Å². The Labute approximate surface area is 88.6 Å². The van der Waals surface area contributed by atoms with Crippen molar-refractivity contribution in [2.24, 2.45) is 0 Å². The molecule has 0 bridgehead atoms. The molecule has 0 aliphatic carbocycles. The second-order valence-corrected chi connectivity index (χ2v) is 1.86. The minimum atomic E-state index is -4.61. The zero-order valence-corrected chi connectivity index (χ0v) is 5.55. The van der Waals surface area contributed by atoms with Gasteiger partial charge in [0.05, 0.1) is 0 Å². The van der Waals surface area contributed by atoms with Crippen LogP contribution in [0.2, 0.25) is 0 Å². The molecule has 0 fully saturated rings. The fourth-order valence-corrected chi connectivity index (χ4v) is 0. The molecule has 0 heterocycles. The molecule has 12 heavy (non-hydrogen) atoms. The Hall–Kier alpha value is 0.0600. The van der Waals surface area contributed by atoms with Crippen molar-refractivity contribution in [2.75, 3.05) is 0 Å². The minimum absolute atomic E-state index is 0. The first-order chi connectivity index (χ1) is 4.83. The molecule has 70 valence electrons. The molecule has 0 saturated heterocycles. The molecule has 0 rings (SSSR count). The molecule has 0 unspecified atom stereocenters. The molecule has 0 radical (unpaired) electrons. The predicted octanol–water partition coefficient (Wildman–Crippen LogP) is -1.22. The standard InChI is InChI=1S/CH2O4.Na.H2O5S.H/c2-1(3)5-4;;1-5-6(2,3)4;/h4H,(H,2,3);;1H,(H,2,3,4);. The molecule has 0 aromatic heterocycles. The molecule has 0 saturated carbocycles. The van der Waals surface area contributed by atoms with Gasteiger partial charge in [-0.15, -0.1) is 0 Å². The van der Waals surface area contributed by atoms with Crippen molar-refractivity contribution >= 4 is 46.1 Å². The molecule has 0 aliphatic rings. The van der Waals surface area contributed by atoms with Crippen LogP contribution >= 0.6 is 0 Å². The van der Waals surface area contributed by atoms with Crippen LogP contribution in [0.5, 0.6) is 0 Å². The summed E-state index contributed by atoms with van der Waals surface area (Å²) in [5.41, 5.74) is 0. The van der Waals surface area contributed by atoms with Crippen molar-refractivity contribution in [2.45, 2.75) is 0 Å². The number of rotatable bonds is 1. The Kier molecular flexibility index (Phi) is 13.7. The van der Waals surface area contributed by atoms with E-state index in [-0.39, 0.29) is 29.6 Å². The van der Waals surface area contributed by atoms with Crippen LogP contribution in [0.4, 0.5) is 4.79 Å². The fraction of sp³-hybridized carbons (Fsp3) is 0. The van der Waals surface area contributed by atoms with Crippen molar-refractivity contribution in [3.05, 3.63) is 0 Å². The quantitative estimate of drug-likeness (QED) is 0.183. The van der Waals surface area contributed by atoms with E-state index >= 15 is 0 Å². The van der Waals surface area contributed by atoms with Gasteiger partial charge < -0.3 is 5.11 Å². The van der Waals surface area contributed by atoms with E-state index < -0.39 is 16.6 Å². The number of hydrogen-bond acceptors (Lipinski definition) is 7.